The third-order valence-electron chi connectivity index (χ3n) is 2.23. The molecule has 1 nitrogen and oxygen atoms in total. The van der Waals surface area contributed by atoms with Gasteiger partial charge in [0, 0.05) is 18.7 Å². The second-order valence-electron chi connectivity index (χ2n) is 3.55. The molecule has 2 rings (SSSR count). The van der Waals surface area contributed by atoms with Crippen LogP contribution in [0.15, 0.2) is 39.3 Å². The van der Waals surface area contributed by atoms with Crippen molar-refractivity contribution in [2.24, 2.45) is 0 Å². The van der Waals surface area contributed by atoms with E-state index in [4.69, 9.17) is 0 Å². The molecule has 1 aromatic carbocycles. The van der Waals surface area contributed by atoms with Gasteiger partial charge < -0.3 is 5.11 Å². The maximum atomic E-state index is 10.2. The summed E-state index contributed by atoms with van der Waals surface area (Å²) in [5.74, 6) is 0. The van der Waals surface area contributed by atoms with Gasteiger partial charge in [-0.2, -0.15) is 0 Å². The van der Waals surface area contributed by atoms with Gasteiger partial charge in [-0.05, 0) is 42.8 Å². The lowest BCUT2D eigenvalue weighted by atomic mass is 10.1. The van der Waals surface area contributed by atoms with Crippen LogP contribution in [0.3, 0.4) is 0 Å². The highest BCUT2D eigenvalue weighted by molar-refractivity contribution is 9.11. The fraction of sp³-hybridized carbons (Fsp3) is 0.167. The normalized spacial score (nSPS) is 12.8. The fourth-order valence-corrected chi connectivity index (χ4v) is 3.72. The molecule has 0 radical (unpaired) electrons. The molecule has 0 aliphatic rings. The van der Waals surface area contributed by atoms with Crippen molar-refractivity contribution in [2.45, 2.75) is 13.0 Å². The van der Waals surface area contributed by atoms with Gasteiger partial charge in [0.15, 0.2) is 0 Å². The van der Waals surface area contributed by atoms with Gasteiger partial charge in [-0.25, -0.2) is 0 Å². The highest BCUT2D eigenvalue weighted by Crippen LogP contribution is 2.31. The zero-order chi connectivity index (χ0) is 11.7. The highest BCUT2D eigenvalue weighted by Gasteiger charge is 2.13. The molecular weight excluding hydrogens is 352 g/mol. The summed E-state index contributed by atoms with van der Waals surface area (Å²) in [5.41, 5.74) is 0.892. The molecular formula is C12H10Br2OS. The first kappa shape index (κ1) is 12.3. The lowest BCUT2D eigenvalue weighted by Crippen LogP contribution is -1.96. The monoisotopic (exact) mass is 360 g/mol. The molecule has 2 aromatic rings. The van der Waals surface area contributed by atoms with E-state index in [9.17, 15) is 5.11 Å². The van der Waals surface area contributed by atoms with Crippen LogP contribution in [0, 0.1) is 6.92 Å². The van der Waals surface area contributed by atoms with E-state index in [1.54, 1.807) is 11.3 Å². The Morgan fingerprint density at radius 1 is 1.12 bits per heavy atom. The Kier molecular flexibility index (Phi) is 3.85. The van der Waals surface area contributed by atoms with Gasteiger partial charge in [0.2, 0.25) is 0 Å². The average molecular weight is 362 g/mol. The number of thiophene rings is 1. The molecule has 0 saturated heterocycles. The van der Waals surface area contributed by atoms with Crippen molar-refractivity contribution >= 4 is 43.2 Å². The smallest absolute Gasteiger partial charge is 0.113 e. The molecule has 1 unspecified atom stereocenters. The molecule has 1 N–H and O–H groups in total. The van der Waals surface area contributed by atoms with E-state index < -0.39 is 6.10 Å². The third kappa shape index (κ3) is 2.74. The van der Waals surface area contributed by atoms with E-state index in [0.717, 1.165) is 19.4 Å². The second-order valence-corrected chi connectivity index (χ2v) is 6.70. The van der Waals surface area contributed by atoms with Crippen molar-refractivity contribution in [1.29, 1.82) is 0 Å². The minimum absolute atomic E-state index is 0.549. The van der Waals surface area contributed by atoms with E-state index in [1.807, 2.05) is 37.3 Å². The van der Waals surface area contributed by atoms with Crippen LogP contribution < -0.4 is 0 Å². The maximum Gasteiger partial charge on any atom is 0.113 e. The number of rotatable bonds is 2. The first-order chi connectivity index (χ1) is 7.56. The van der Waals surface area contributed by atoms with E-state index in [1.165, 1.54) is 4.88 Å². The van der Waals surface area contributed by atoms with Crippen molar-refractivity contribution in [3.63, 3.8) is 0 Å². The van der Waals surface area contributed by atoms with Crippen molar-refractivity contribution in [3.8, 4) is 0 Å². The lowest BCUT2D eigenvalue weighted by Gasteiger charge is -2.10. The minimum atomic E-state index is -0.549. The van der Waals surface area contributed by atoms with E-state index >= 15 is 0 Å². The predicted molar refractivity (Wildman–Crippen MR) is 75.0 cm³/mol. The number of halogens is 2. The van der Waals surface area contributed by atoms with E-state index in [0.29, 0.717) is 0 Å². The largest absolute Gasteiger partial charge is 0.383 e. The Labute approximate surface area is 115 Å². The summed E-state index contributed by atoms with van der Waals surface area (Å²) >= 11 is 8.46. The molecule has 0 fully saturated rings. The third-order valence-corrected chi connectivity index (χ3v) is 4.20. The molecule has 0 aliphatic carbocycles. The molecule has 1 heterocycles. The first-order valence-corrected chi connectivity index (χ1v) is 7.17. The van der Waals surface area contributed by atoms with Crippen LogP contribution in [0.2, 0.25) is 0 Å². The Bertz CT molecular complexity index is 487. The van der Waals surface area contributed by atoms with Crippen LogP contribution in [-0.2, 0) is 0 Å². The van der Waals surface area contributed by atoms with Gasteiger partial charge in [0.25, 0.3) is 0 Å². The van der Waals surface area contributed by atoms with Gasteiger partial charge in [-0.15, -0.1) is 11.3 Å². The quantitative estimate of drug-likeness (QED) is 0.824. The summed E-state index contributed by atoms with van der Waals surface area (Å²) in [4.78, 5) is 2.19. The molecule has 0 bridgehead atoms. The van der Waals surface area contributed by atoms with Crippen LogP contribution in [0.1, 0.15) is 21.4 Å². The molecule has 1 aromatic heterocycles. The molecule has 0 spiro atoms. The molecule has 0 aliphatic heterocycles. The standard InChI is InChI=1S/C12H10Br2OS/c1-7-2-3-11(16-7)12(15)8-4-9(13)6-10(14)5-8/h2-6,12,15H,1H3. The van der Waals surface area contributed by atoms with Crippen molar-refractivity contribution in [2.75, 3.05) is 0 Å². The molecule has 84 valence electrons. The summed E-state index contributed by atoms with van der Waals surface area (Å²) in [5, 5.41) is 10.2. The zero-order valence-corrected chi connectivity index (χ0v) is 12.6. The van der Waals surface area contributed by atoms with Crippen molar-refractivity contribution < 1.29 is 5.11 Å². The molecule has 0 amide bonds. The maximum absolute atomic E-state index is 10.2. The van der Waals surface area contributed by atoms with Crippen LogP contribution in [-0.4, -0.2) is 5.11 Å². The number of aliphatic hydroxyl groups excluding tert-OH is 1. The first-order valence-electron chi connectivity index (χ1n) is 4.76. The molecule has 1 atom stereocenters. The number of aryl methyl sites for hydroxylation is 1. The van der Waals surface area contributed by atoms with Crippen LogP contribution >= 0.6 is 43.2 Å². The Morgan fingerprint density at radius 2 is 1.75 bits per heavy atom. The van der Waals surface area contributed by atoms with Crippen LogP contribution in [0.4, 0.5) is 0 Å². The number of hydrogen-bond donors (Lipinski definition) is 1. The number of aliphatic hydroxyl groups is 1. The summed E-state index contributed by atoms with van der Waals surface area (Å²) < 4.78 is 1.92. The molecule has 16 heavy (non-hydrogen) atoms. The SMILES string of the molecule is Cc1ccc(C(O)c2cc(Br)cc(Br)c2)s1. The van der Waals surface area contributed by atoms with Gasteiger partial charge >= 0.3 is 0 Å². The Hall–Kier alpha value is -0.160. The average Bonchev–Trinajstić information content (AvgIpc) is 2.62. The number of benzene rings is 1. The van der Waals surface area contributed by atoms with Gasteiger partial charge in [-0.1, -0.05) is 31.9 Å². The predicted octanol–water partition coefficient (Wildman–Crippen LogP) is 4.66. The zero-order valence-electron chi connectivity index (χ0n) is 8.58. The summed E-state index contributed by atoms with van der Waals surface area (Å²) in [7, 11) is 0. The second kappa shape index (κ2) is 5.00. The fourth-order valence-electron chi connectivity index (χ4n) is 1.50. The summed E-state index contributed by atoms with van der Waals surface area (Å²) in [6.07, 6.45) is -0.549. The van der Waals surface area contributed by atoms with Crippen molar-refractivity contribution in [3.05, 3.63) is 54.6 Å². The van der Waals surface area contributed by atoms with E-state index in [-0.39, 0.29) is 0 Å². The summed E-state index contributed by atoms with van der Waals surface area (Å²) in [6, 6.07) is 9.82. The summed E-state index contributed by atoms with van der Waals surface area (Å²) in [6.45, 7) is 2.04. The topological polar surface area (TPSA) is 20.2 Å². The van der Waals surface area contributed by atoms with Gasteiger partial charge in [0.05, 0.1) is 0 Å². The highest BCUT2D eigenvalue weighted by atomic mass is 79.9. The van der Waals surface area contributed by atoms with Crippen molar-refractivity contribution in [1.82, 2.24) is 0 Å². The molecule has 0 saturated carbocycles. The van der Waals surface area contributed by atoms with E-state index in [2.05, 4.69) is 31.9 Å². The van der Waals surface area contributed by atoms with Crippen LogP contribution in [0.25, 0.3) is 0 Å². The Morgan fingerprint density at radius 3 is 2.25 bits per heavy atom. The van der Waals surface area contributed by atoms with Crippen LogP contribution in [0.5, 0.6) is 0 Å². The van der Waals surface area contributed by atoms with Gasteiger partial charge in [0.1, 0.15) is 6.10 Å². The lowest BCUT2D eigenvalue weighted by molar-refractivity contribution is 0.224. The Balaban J connectivity index is 2.37. The minimum Gasteiger partial charge on any atom is -0.383 e. The molecule has 4 heteroatoms. The number of hydrogen-bond acceptors (Lipinski definition) is 2. The van der Waals surface area contributed by atoms with Gasteiger partial charge in [-0.3, -0.25) is 0 Å².